The van der Waals surface area contributed by atoms with E-state index in [0.717, 1.165) is 11.3 Å². The van der Waals surface area contributed by atoms with Crippen LogP contribution in [0, 0.1) is 19.3 Å². The topological polar surface area (TPSA) is 105 Å². The fraction of sp³-hybridized carbons (Fsp3) is 0.429. The number of aromatic nitrogens is 1. The maximum absolute atomic E-state index is 12.7. The molecule has 3 heterocycles. The van der Waals surface area contributed by atoms with Crippen LogP contribution in [0.3, 0.4) is 0 Å². The molecule has 0 unspecified atom stereocenters. The molecule has 0 radical (unpaired) electrons. The van der Waals surface area contributed by atoms with Crippen LogP contribution in [0.2, 0.25) is 0 Å². The number of nitrogens with one attached hydrogen (secondary N) is 2. The minimum absolute atomic E-state index is 0.0819. The third kappa shape index (κ3) is 3.50. The van der Waals surface area contributed by atoms with Crippen molar-refractivity contribution in [2.75, 3.05) is 13.1 Å². The van der Waals surface area contributed by atoms with E-state index in [0.29, 0.717) is 43.8 Å². The number of rotatable bonds is 4. The second-order valence-electron chi connectivity index (χ2n) is 7.87. The van der Waals surface area contributed by atoms with Crippen LogP contribution < -0.4 is 10.6 Å². The Labute approximate surface area is 168 Å². The molecule has 1 aromatic carbocycles. The Hall–Kier alpha value is -3.16. The lowest BCUT2D eigenvalue weighted by molar-refractivity contribution is -0.128. The van der Waals surface area contributed by atoms with Crippen LogP contribution in [0.5, 0.6) is 0 Å². The Morgan fingerprint density at radius 2 is 2.07 bits per heavy atom. The van der Waals surface area contributed by atoms with Gasteiger partial charge in [0.1, 0.15) is 11.8 Å². The quantitative estimate of drug-likeness (QED) is 0.811. The van der Waals surface area contributed by atoms with Gasteiger partial charge >= 0.3 is 0 Å². The van der Waals surface area contributed by atoms with Crippen molar-refractivity contribution in [2.24, 2.45) is 5.41 Å². The second-order valence-corrected chi connectivity index (χ2v) is 7.87. The number of carbonyl (C=O) groups excluding carboxylic acids is 3. The van der Waals surface area contributed by atoms with Gasteiger partial charge in [0.25, 0.3) is 5.91 Å². The van der Waals surface area contributed by atoms with E-state index in [2.05, 4.69) is 15.8 Å². The van der Waals surface area contributed by atoms with Crippen LogP contribution >= 0.6 is 0 Å². The van der Waals surface area contributed by atoms with E-state index < -0.39 is 11.5 Å². The molecule has 0 saturated carbocycles. The first kappa shape index (κ1) is 19.2. The molecule has 2 aliphatic rings. The summed E-state index contributed by atoms with van der Waals surface area (Å²) in [6, 6.07) is 8.44. The van der Waals surface area contributed by atoms with E-state index in [1.165, 1.54) is 0 Å². The average Bonchev–Trinajstić information content (AvgIpc) is 3.39. The van der Waals surface area contributed by atoms with Crippen molar-refractivity contribution in [3.8, 4) is 0 Å². The lowest BCUT2D eigenvalue weighted by Crippen LogP contribution is -2.41. The molecule has 0 bridgehead atoms. The predicted octanol–water partition coefficient (Wildman–Crippen LogP) is 1.33. The number of hydrogen-bond acceptors (Lipinski definition) is 5. The number of benzene rings is 1. The summed E-state index contributed by atoms with van der Waals surface area (Å²) in [5.41, 5.74) is 1.49. The summed E-state index contributed by atoms with van der Waals surface area (Å²) < 4.78 is 5.11. The molecular formula is C21H24N4O4. The highest BCUT2D eigenvalue weighted by Crippen LogP contribution is 2.40. The van der Waals surface area contributed by atoms with Crippen molar-refractivity contribution in [1.82, 2.24) is 20.7 Å². The van der Waals surface area contributed by atoms with Crippen molar-refractivity contribution in [3.63, 3.8) is 0 Å². The van der Waals surface area contributed by atoms with E-state index in [1.54, 1.807) is 24.0 Å². The van der Waals surface area contributed by atoms with E-state index in [4.69, 9.17) is 4.52 Å². The van der Waals surface area contributed by atoms with Crippen molar-refractivity contribution in [3.05, 3.63) is 52.9 Å². The Balaban J connectivity index is 1.39. The third-order valence-electron chi connectivity index (χ3n) is 5.98. The van der Waals surface area contributed by atoms with Gasteiger partial charge in [-0.25, -0.2) is 0 Å². The Kier molecular flexibility index (Phi) is 4.86. The Morgan fingerprint density at radius 1 is 1.31 bits per heavy atom. The zero-order valence-electron chi connectivity index (χ0n) is 16.5. The summed E-state index contributed by atoms with van der Waals surface area (Å²) in [7, 11) is 0. The van der Waals surface area contributed by atoms with Crippen LogP contribution in [-0.4, -0.2) is 46.9 Å². The molecule has 1 aromatic heterocycles. The maximum Gasteiger partial charge on any atom is 0.253 e. The van der Waals surface area contributed by atoms with Crippen molar-refractivity contribution in [2.45, 2.75) is 39.3 Å². The van der Waals surface area contributed by atoms with Crippen molar-refractivity contribution < 1.29 is 18.9 Å². The highest BCUT2D eigenvalue weighted by Gasteiger charge is 2.53. The first-order chi connectivity index (χ1) is 13.9. The number of amides is 3. The number of carbonyl (C=O) groups is 3. The zero-order valence-corrected chi connectivity index (χ0v) is 16.5. The molecule has 2 saturated heterocycles. The number of likely N-dealkylation sites (tertiary alicyclic amines) is 1. The highest BCUT2D eigenvalue weighted by molar-refractivity contribution is 5.97. The molecule has 0 aliphatic carbocycles. The summed E-state index contributed by atoms with van der Waals surface area (Å²) in [5, 5.41) is 9.56. The van der Waals surface area contributed by atoms with Crippen molar-refractivity contribution >= 4 is 17.7 Å². The van der Waals surface area contributed by atoms with E-state index in [-0.39, 0.29) is 17.7 Å². The van der Waals surface area contributed by atoms with Gasteiger partial charge in [-0.2, -0.15) is 0 Å². The van der Waals surface area contributed by atoms with Gasteiger partial charge in [-0.05, 0) is 38.8 Å². The molecule has 8 nitrogen and oxygen atoms in total. The molecular weight excluding hydrogens is 372 g/mol. The summed E-state index contributed by atoms with van der Waals surface area (Å²) in [6.07, 6.45) is 0.947. The summed E-state index contributed by atoms with van der Waals surface area (Å²) in [5.74, 6) is 0.198. The molecule has 3 amide bonds. The number of hydrogen-bond donors (Lipinski definition) is 2. The normalized spacial score (nSPS) is 23.4. The van der Waals surface area contributed by atoms with Crippen LogP contribution in [0.25, 0.3) is 0 Å². The SMILES string of the molecule is Cc1noc(C)c1CNC(=O)[C@@H]1C[C@]2(CCN(C(=O)c3ccccc3)C2)C(=O)N1. The fourth-order valence-electron chi connectivity index (χ4n) is 4.22. The van der Waals surface area contributed by atoms with Crippen LogP contribution in [0.15, 0.2) is 34.9 Å². The van der Waals surface area contributed by atoms with Gasteiger partial charge in [0, 0.05) is 30.8 Å². The zero-order chi connectivity index (χ0) is 20.6. The predicted molar refractivity (Wildman–Crippen MR) is 104 cm³/mol. The molecule has 2 N–H and O–H groups in total. The van der Waals surface area contributed by atoms with E-state index >= 15 is 0 Å². The monoisotopic (exact) mass is 396 g/mol. The largest absolute Gasteiger partial charge is 0.361 e. The van der Waals surface area contributed by atoms with Gasteiger partial charge in [0.2, 0.25) is 11.8 Å². The highest BCUT2D eigenvalue weighted by atomic mass is 16.5. The third-order valence-corrected chi connectivity index (χ3v) is 5.98. The summed E-state index contributed by atoms with van der Waals surface area (Å²) >= 11 is 0. The van der Waals surface area contributed by atoms with Gasteiger partial charge in [-0.3, -0.25) is 14.4 Å². The molecule has 8 heteroatoms. The Bertz CT molecular complexity index is 935. The number of aryl methyl sites for hydroxylation is 2. The Morgan fingerprint density at radius 3 is 2.76 bits per heavy atom. The van der Waals surface area contributed by atoms with Crippen LogP contribution in [0.1, 0.15) is 40.2 Å². The second kappa shape index (κ2) is 7.35. The van der Waals surface area contributed by atoms with Gasteiger partial charge in [0.05, 0.1) is 11.1 Å². The van der Waals surface area contributed by atoms with E-state index in [9.17, 15) is 14.4 Å². The van der Waals surface area contributed by atoms with Crippen molar-refractivity contribution in [1.29, 1.82) is 0 Å². The smallest absolute Gasteiger partial charge is 0.253 e. The molecule has 2 atom stereocenters. The summed E-state index contributed by atoms with van der Waals surface area (Å²) in [4.78, 5) is 39.7. The molecule has 2 aromatic rings. The molecule has 29 heavy (non-hydrogen) atoms. The van der Waals surface area contributed by atoms with E-state index in [1.807, 2.05) is 25.1 Å². The molecule has 4 rings (SSSR count). The van der Waals surface area contributed by atoms with Crippen LogP contribution in [0.4, 0.5) is 0 Å². The number of nitrogens with zero attached hydrogens (tertiary/aromatic N) is 2. The van der Waals surface area contributed by atoms with Gasteiger partial charge in [-0.1, -0.05) is 23.4 Å². The van der Waals surface area contributed by atoms with Crippen LogP contribution in [-0.2, 0) is 16.1 Å². The maximum atomic E-state index is 12.7. The molecule has 2 aliphatic heterocycles. The minimum atomic E-state index is -0.699. The van der Waals surface area contributed by atoms with Gasteiger partial charge < -0.3 is 20.1 Å². The standard InChI is InChI=1S/C21H24N4O4/c1-13-16(14(2)29-24-13)11-22-18(26)17-10-21(20(28)23-17)8-9-25(12-21)19(27)15-6-4-3-5-7-15/h3-7,17H,8-12H2,1-2H3,(H,22,26)(H,23,28)/t17-,21-/m0/s1. The molecule has 1 spiro atoms. The lowest BCUT2D eigenvalue weighted by atomic mass is 9.84. The first-order valence-corrected chi connectivity index (χ1v) is 9.74. The van der Waals surface area contributed by atoms with Gasteiger partial charge in [0.15, 0.2) is 0 Å². The van der Waals surface area contributed by atoms with Gasteiger partial charge in [-0.15, -0.1) is 0 Å². The molecule has 2 fully saturated rings. The first-order valence-electron chi connectivity index (χ1n) is 9.74. The fourth-order valence-corrected chi connectivity index (χ4v) is 4.22. The lowest BCUT2D eigenvalue weighted by Gasteiger charge is -2.21. The summed E-state index contributed by atoms with van der Waals surface area (Å²) in [6.45, 7) is 4.76. The average molecular weight is 396 g/mol. The molecule has 152 valence electrons. The minimum Gasteiger partial charge on any atom is -0.361 e.